The van der Waals surface area contributed by atoms with E-state index in [9.17, 15) is 0 Å². The Kier molecular flexibility index (Phi) is 4.94. The van der Waals surface area contributed by atoms with Gasteiger partial charge in [0.1, 0.15) is 6.10 Å². The van der Waals surface area contributed by atoms with Gasteiger partial charge in [-0.25, -0.2) is 9.78 Å². The summed E-state index contributed by atoms with van der Waals surface area (Å²) in [4.78, 5) is 10.8. The van der Waals surface area contributed by atoms with E-state index in [1.165, 1.54) is 16.3 Å². The highest BCUT2D eigenvalue weighted by atomic mass is 17.2. The van der Waals surface area contributed by atoms with E-state index in [0.717, 1.165) is 6.42 Å². The van der Waals surface area contributed by atoms with E-state index in [1.807, 2.05) is 6.92 Å². The average Bonchev–Trinajstić information content (AvgIpc) is 2.47. The fraction of sp³-hybridized carbons (Fsp3) is 0.412. The Hall–Kier alpha value is -1.38. The molecule has 2 atom stereocenters. The van der Waals surface area contributed by atoms with E-state index < -0.39 is 0 Å². The summed E-state index contributed by atoms with van der Waals surface area (Å²) in [6.07, 6.45) is 1.06. The Balaban J connectivity index is 2.32. The maximum absolute atomic E-state index is 5.58. The monoisotopic (exact) mass is 258 g/mol. The molecule has 0 aliphatic heterocycles. The summed E-state index contributed by atoms with van der Waals surface area (Å²) in [7, 11) is 0. The molecule has 2 unspecified atom stereocenters. The van der Waals surface area contributed by atoms with Crippen LogP contribution < -0.4 is 0 Å². The van der Waals surface area contributed by atoms with Crippen LogP contribution in [0.15, 0.2) is 42.5 Å². The van der Waals surface area contributed by atoms with Crippen LogP contribution in [-0.2, 0) is 9.78 Å². The minimum atomic E-state index is -0.00504. The Morgan fingerprint density at radius 1 is 1.00 bits per heavy atom. The van der Waals surface area contributed by atoms with E-state index in [0.29, 0.717) is 12.5 Å². The van der Waals surface area contributed by atoms with Gasteiger partial charge in [0.15, 0.2) is 0 Å². The number of benzene rings is 2. The first-order valence-electron chi connectivity index (χ1n) is 7.03. The predicted molar refractivity (Wildman–Crippen MR) is 78.9 cm³/mol. The lowest BCUT2D eigenvalue weighted by molar-refractivity contribution is -0.333. The SMILES string of the molecule is CCOOC(c1ccc2ccccc2c1)C(C)CC. The molecule has 0 fully saturated rings. The van der Waals surface area contributed by atoms with Crippen LogP contribution in [0.2, 0.25) is 0 Å². The molecule has 0 saturated heterocycles. The standard InChI is InChI=1S/C17H22O2/c1-4-13(3)17(19-18-5-2)16-11-10-14-8-6-7-9-15(14)12-16/h6-13,17H,4-5H2,1-3H3. The zero-order valence-corrected chi connectivity index (χ0v) is 11.9. The molecule has 19 heavy (non-hydrogen) atoms. The minimum absolute atomic E-state index is 0.00504. The van der Waals surface area contributed by atoms with Crippen LogP contribution in [0.1, 0.15) is 38.9 Å². The number of hydrogen-bond donors (Lipinski definition) is 0. The fourth-order valence-corrected chi connectivity index (χ4v) is 2.22. The van der Waals surface area contributed by atoms with Crippen LogP contribution in [0.25, 0.3) is 10.8 Å². The van der Waals surface area contributed by atoms with Crippen LogP contribution in [0.3, 0.4) is 0 Å². The van der Waals surface area contributed by atoms with Gasteiger partial charge in [-0.15, -0.1) is 0 Å². The van der Waals surface area contributed by atoms with E-state index in [4.69, 9.17) is 9.78 Å². The van der Waals surface area contributed by atoms with Gasteiger partial charge in [0.2, 0.25) is 0 Å². The molecule has 2 nitrogen and oxygen atoms in total. The van der Waals surface area contributed by atoms with Gasteiger partial charge in [0.05, 0.1) is 6.61 Å². The van der Waals surface area contributed by atoms with Crippen molar-refractivity contribution in [1.82, 2.24) is 0 Å². The summed E-state index contributed by atoms with van der Waals surface area (Å²) >= 11 is 0. The van der Waals surface area contributed by atoms with Gasteiger partial charge in [0.25, 0.3) is 0 Å². The summed E-state index contributed by atoms with van der Waals surface area (Å²) in [5, 5.41) is 2.50. The molecule has 0 heterocycles. The van der Waals surface area contributed by atoms with Crippen LogP contribution in [0, 0.1) is 5.92 Å². The Morgan fingerprint density at radius 3 is 2.42 bits per heavy atom. The van der Waals surface area contributed by atoms with Gasteiger partial charge in [-0.1, -0.05) is 56.7 Å². The van der Waals surface area contributed by atoms with E-state index in [1.54, 1.807) is 0 Å². The average molecular weight is 258 g/mol. The highest BCUT2D eigenvalue weighted by Gasteiger charge is 2.20. The summed E-state index contributed by atoms with van der Waals surface area (Å²) < 4.78 is 0. The molecule has 102 valence electrons. The largest absolute Gasteiger partial charge is 0.236 e. The summed E-state index contributed by atoms with van der Waals surface area (Å²) in [6, 6.07) is 14.9. The third-order valence-corrected chi connectivity index (χ3v) is 3.55. The molecule has 2 rings (SSSR count). The van der Waals surface area contributed by atoms with Crippen molar-refractivity contribution in [2.75, 3.05) is 6.61 Å². The molecule has 0 saturated carbocycles. The molecule has 0 bridgehead atoms. The molecule has 0 aliphatic carbocycles. The van der Waals surface area contributed by atoms with Crippen molar-refractivity contribution in [2.45, 2.75) is 33.3 Å². The van der Waals surface area contributed by atoms with Crippen molar-refractivity contribution < 1.29 is 9.78 Å². The van der Waals surface area contributed by atoms with Gasteiger partial charge in [-0.3, -0.25) is 0 Å². The smallest absolute Gasteiger partial charge is 0.120 e. The fourth-order valence-electron chi connectivity index (χ4n) is 2.22. The van der Waals surface area contributed by atoms with Crippen LogP contribution in [-0.4, -0.2) is 6.61 Å². The van der Waals surface area contributed by atoms with E-state index >= 15 is 0 Å². The third-order valence-electron chi connectivity index (χ3n) is 3.55. The maximum atomic E-state index is 5.58. The second-order valence-electron chi connectivity index (χ2n) is 4.92. The topological polar surface area (TPSA) is 18.5 Å². The molecule has 2 aromatic carbocycles. The Bertz CT molecular complexity index is 521. The Morgan fingerprint density at radius 2 is 1.74 bits per heavy atom. The molecule has 2 aromatic rings. The van der Waals surface area contributed by atoms with Crippen LogP contribution in [0.5, 0.6) is 0 Å². The van der Waals surface area contributed by atoms with Gasteiger partial charge in [-0.05, 0) is 35.2 Å². The molecular weight excluding hydrogens is 236 g/mol. The van der Waals surface area contributed by atoms with Crippen LogP contribution >= 0.6 is 0 Å². The maximum Gasteiger partial charge on any atom is 0.120 e. The molecule has 0 radical (unpaired) electrons. The lowest BCUT2D eigenvalue weighted by atomic mass is 9.93. The molecule has 2 heteroatoms. The molecule has 0 N–H and O–H groups in total. The number of hydrogen-bond acceptors (Lipinski definition) is 2. The second kappa shape index (κ2) is 6.69. The van der Waals surface area contributed by atoms with Crippen LogP contribution in [0.4, 0.5) is 0 Å². The van der Waals surface area contributed by atoms with Gasteiger partial charge in [-0.2, -0.15) is 0 Å². The third kappa shape index (κ3) is 3.34. The lowest BCUT2D eigenvalue weighted by Gasteiger charge is -2.22. The lowest BCUT2D eigenvalue weighted by Crippen LogP contribution is -2.13. The number of rotatable bonds is 6. The van der Waals surface area contributed by atoms with E-state index in [2.05, 4.69) is 56.3 Å². The molecule has 0 aromatic heterocycles. The molecule has 0 spiro atoms. The highest BCUT2D eigenvalue weighted by Crippen LogP contribution is 2.30. The van der Waals surface area contributed by atoms with Crippen molar-refractivity contribution >= 4 is 10.8 Å². The van der Waals surface area contributed by atoms with Crippen molar-refractivity contribution in [3.63, 3.8) is 0 Å². The Labute approximate surface area is 115 Å². The van der Waals surface area contributed by atoms with Gasteiger partial charge >= 0.3 is 0 Å². The zero-order valence-electron chi connectivity index (χ0n) is 11.9. The highest BCUT2D eigenvalue weighted by molar-refractivity contribution is 5.83. The normalized spacial score (nSPS) is 14.5. The van der Waals surface area contributed by atoms with Crippen molar-refractivity contribution in [3.05, 3.63) is 48.0 Å². The summed E-state index contributed by atoms with van der Waals surface area (Å²) in [5.41, 5.74) is 1.18. The first kappa shape index (κ1) is 14.0. The van der Waals surface area contributed by atoms with Crippen molar-refractivity contribution in [2.24, 2.45) is 5.92 Å². The zero-order chi connectivity index (χ0) is 13.7. The van der Waals surface area contributed by atoms with Gasteiger partial charge in [0, 0.05) is 0 Å². The van der Waals surface area contributed by atoms with Crippen molar-refractivity contribution in [3.8, 4) is 0 Å². The molecular formula is C17H22O2. The second-order valence-corrected chi connectivity index (χ2v) is 4.92. The molecule has 0 amide bonds. The summed E-state index contributed by atoms with van der Waals surface area (Å²) in [6.45, 7) is 6.88. The molecule has 0 aliphatic rings. The quantitative estimate of drug-likeness (QED) is 0.542. The van der Waals surface area contributed by atoms with Gasteiger partial charge < -0.3 is 0 Å². The first-order valence-corrected chi connectivity index (χ1v) is 7.03. The number of fused-ring (bicyclic) bond motifs is 1. The van der Waals surface area contributed by atoms with Crippen molar-refractivity contribution in [1.29, 1.82) is 0 Å². The summed E-state index contributed by atoms with van der Waals surface area (Å²) in [5.74, 6) is 0.424. The van der Waals surface area contributed by atoms with E-state index in [-0.39, 0.29) is 6.10 Å². The first-order chi connectivity index (χ1) is 9.26. The predicted octanol–water partition coefficient (Wildman–Crippen LogP) is 4.90. The minimum Gasteiger partial charge on any atom is -0.236 e.